The molecule has 16 heavy (non-hydrogen) atoms. The van der Waals surface area contributed by atoms with E-state index in [1.54, 1.807) is 13.0 Å². The summed E-state index contributed by atoms with van der Waals surface area (Å²) in [6, 6.07) is 3.61. The predicted octanol–water partition coefficient (Wildman–Crippen LogP) is 3.21. The monoisotopic (exact) mass is 231 g/mol. The maximum Gasteiger partial charge on any atom is 0.422 e. The van der Waals surface area contributed by atoms with Gasteiger partial charge in [-0.25, -0.2) is 4.98 Å². The predicted molar refractivity (Wildman–Crippen MR) is 52.5 cm³/mol. The molecule has 0 aromatic carbocycles. The van der Waals surface area contributed by atoms with Gasteiger partial charge < -0.3 is 4.74 Å². The summed E-state index contributed by atoms with van der Waals surface area (Å²) >= 11 is 0. The van der Waals surface area contributed by atoms with Gasteiger partial charge >= 0.3 is 6.18 Å². The Hall–Kier alpha value is -1.26. The second kappa shape index (κ2) is 3.96. The van der Waals surface area contributed by atoms with Gasteiger partial charge in [0.15, 0.2) is 6.61 Å². The zero-order valence-electron chi connectivity index (χ0n) is 8.84. The molecule has 5 heteroatoms. The first kappa shape index (κ1) is 11.2. The lowest BCUT2D eigenvalue weighted by atomic mass is 10.1. The summed E-state index contributed by atoms with van der Waals surface area (Å²) in [5.41, 5.74) is 1.47. The summed E-state index contributed by atoms with van der Waals surface area (Å²) in [5.74, 6) is 0.469. The van der Waals surface area contributed by atoms with E-state index in [2.05, 4.69) is 4.98 Å². The highest BCUT2D eigenvalue weighted by atomic mass is 19.4. The molecule has 1 fully saturated rings. The topological polar surface area (TPSA) is 22.1 Å². The summed E-state index contributed by atoms with van der Waals surface area (Å²) in [6.07, 6.45) is -2.30. The first-order valence-electron chi connectivity index (χ1n) is 5.13. The van der Waals surface area contributed by atoms with E-state index in [9.17, 15) is 13.2 Å². The van der Waals surface area contributed by atoms with Crippen LogP contribution in [0, 0.1) is 6.92 Å². The average Bonchev–Trinajstić information content (AvgIpc) is 2.97. The Kier molecular flexibility index (Phi) is 2.78. The van der Waals surface area contributed by atoms with Gasteiger partial charge in [0.1, 0.15) is 0 Å². The fraction of sp³-hybridized carbons (Fsp3) is 0.545. The maximum absolute atomic E-state index is 12.0. The lowest BCUT2D eigenvalue weighted by Gasteiger charge is -2.12. The number of rotatable bonds is 3. The van der Waals surface area contributed by atoms with Crippen LogP contribution in [-0.4, -0.2) is 17.8 Å². The van der Waals surface area contributed by atoms with Crippen LogP contribution in [0.5, 0.6) is 5.88 Å². The minimum atomic E-state index is -4.31. The van der Waals surface area contributed by atoms with Gasteiger partial charge in [0, 0.05) is 11.3 Å². The molecule has 1 aliphatic carbocycles. The van der Waals surface area contributed by atoms with Gasteiger partial charge in [-0.2, -0.15) is 13.2 Å². The van der Waals surface area contributed by atoms with Crippen molar-refractivity contribution in [3.8, 4) is 5.88 Å². The largest absolute Gasteiger partial charge is 0.468 e. The SMILES string of the molecule is Cc1ccc(C2CC2)c(OCC(F)(F)F)n1. The van der Waals surface area contributed by atoms with Gasteiger partial charge in [-0.05, 0) is 31.7 Å². The van der Waals surface area contributed by atoms with Crippen molar-refractivity contribution in [1.29, 1.82) is 0 Å². The normalized spacial score (nSPS) is 16.2. The summed E-state index contributed by atoms with van der Waals surface area (Å²) in [5, 5.41) is 0. The quantitative estimate of drug-likeness (QED) is 0.796. The van der Waals surface area contributed by atoms with E-state index in [1.807, 2.05) is 6.07 Å². The second-order valence-electron chi connectivity index (χ2n) is 4.03. The molecular weight excluding hydrogens is 219 g/mol. The Labute approximate surface area is 91.4 Å². The van der Waals surface area contributed by atoms with Crippen molar-refractivity contribution in [1.82, 2.24) is 4.98 Å². The zero-order chi connectivity index (χ0) is 11.8. The van der Waals surface area contributed by atoms with Gasteiger partial charge in [0.2, 0.25) is 5.88 Å². The molecule has 0 radical (unpaired) electrons. The van der Waals surface area contributed by atoms with E-state index < -0.39 is 12.8 Å². The summed E-state index contributed by atoms with van der Waals surface area (Å²) in [4.78, 5) is 4.02. The van der Waals surface area contributed by atoms with Crippen LogP contribution in [0.2, 0.25) is 0 Å². The van der Waals surface area contributed by atoms with E-state index in [1.165, 1.54) is 0 Å². The van der Waals surface area contributed by atoms with Crippen molar-refractivity contribution in [2.45, 2.75) is 31.9 Å². The number of hydrogen-bond donors (Lipinski definition) is 0. The molecule has 0 bridgehead atoms. The Morgan fingerprint density at radius 2 is 2.06 bits per heavy atom. The van der Waals surface area contributed by atoms with Crippen molar-refractivity contribution in [3.63, 3.8) is 0 Å². The van der Waals surface area contributed by atoms with Crippen molar-refractivity contribution >= 4 is 0 Å². The Bertz CT molecular complexity index is 385. The molecule has 88 valence electrons. The van der Waals surface area contributed by atoms with Gasteiger partial charge in [-0.1, -0.05) is 6.07 Å². The number of nitrogens with zero attached hydrogens (tertiary/aromatic N) is 1. The molecule has 1 aromatic heterocycles. The van der Waals surface area contributed by atoms with E-state index in [-0.39, 0.29) is 5.88 Å². The smallest absolute Gasteiger partial charge is 0.422 e. The van der Waals surface area contributed by atoms with Crippen LogP contribution in [0.1, 0.15) is 30.0 Å². The third-order valence-electron chi connectivity index (χ3n) is 2.42. The Balaban J connectivity index is 2.14. The van der Waals surface area contributed by atoms with Gasteiger partial charge in [0.25, 0.3) is 0 Å². The van der Waals surface area contributed by atoms with Crippen LogP contribution in [0.3, 0.4) is 0 Å². The number of aryl methyl sites for hydroxylation is 1. The molecular formula is C11H12F3NO. The molecule has 0 N–H and O–H groups in total. The van der Waals surface area contributed by atoms with Crippen LogP contribution in [-0.2, 0) is 0 Å². The molecule has 0 saturated heterocycles. The van der Waals surface area contributed by atoms with Crippen molar-refractivity contribution < 1.29 is 17.9 Å². The van der Waals surface area contributed by atoms with E-state index in [0.29, 0.717) is 11.6 Å². The van der Waals surface area contributed by atoms with Crippen LogP contribution < -0.4 is 4.74 Å². The molecule has 2 nitrogen and oxygen atoms in total. The molecule has 1 heterocycles. The maximum atomic E-state index is 12.0. The number of alkyl halides is 3. The summed E-state index contributed by atoms with van der Waals surface area (Å²) in [7, 11) is 0. The van der Waals surface area contributed by atoms with Crippen molar-refractivity contribution in [2.24, 2.45) is 0 Å². The van der Waals surface area contributed by atoms with Crippen LogP contribution >= 0.6 is 0 Å². The second-order valence-corrected chi connectivity index (χ2v) is 4.03. The highest BCUT2D eigenvalue weighted by Gasteiger charge is 2.32. The average molecular weight is 231 g/mol. The number of halogens is 3. The summed E-state index contributed by atoms with van der Waals surface area (Å²) < 4.78 is 40.9. The van der Waals surface area contributed by atoms with Crippen LogP contribution in [0.15, 0.2) is 12.1 Å². The fourth-order valence-corrected chi connectivity index (χ4v) is 1.51. The van der Waals surface area contributed by atoms with Crippen LogP contribution in [0.25, 0.3) is 0 Å². The molecule has 0 spiro atoms. The van der Waals surface area contributed by atoms with Crippen LogP contribution in [0.4, 0.5) is 13.2 Å². The molecule has 0 unspecified atom stereocenters. The Morgan fingerprint density at radius 3 is 2.62 bits per heavy atom. The zero-order valence-corrected chi connectivity index (χ0v) is 8.84. The number of hydrogen-bond acceptors (Lipinski definition) is 2. The van der Waals surface area contributed by atoms with E-state index >= 15 is 0 Å². The van der Waals surface area contributed by atoms with Crippen molar-refractivity contribution in [3.05, 3.63) is 23.4 Å². The molecule has 0 amide bonds. The Morgan fingerprint density at radius 1 is 1.38 bits per heavy atom. The number of pyridine rings is 1. The standard InChI is InChI=1S/C11H12F3NO/c1-7-2-5-9(8-3-4-8)10(15-7)16-6-11(12,13)14/h2,5,8H,3-4,6H2,1H3. The third kappa shape index (κ3) is 2.87. The molecule has 2 rings (SSSR count). The lowest BCUT2D eigenvalue weighted by Crippen LogP contribution is -2.20. The first-order chi connectivity index (χ1) is 7.46. The molecule has 0 aliphatic heterocycles. The van der Waals surface area contributed by atoms with Gasteiger partial charge in [-0.15, -0.1) is 0 Å². The molecule has 1 aliphatic rings. The first-order valence-corrected chi connectivity index (χ1v) is 5.13. The van der Waals surface area contributed by atoms with Gasteiger partial charge in [-0.3, -0.25) is 0 Å². The number of aromatic nitrogens is 1. The highest BCUT2D eigenvalue weighted by molar-refractivity contribution is 5.34. The number of ether oxygens (including phenoxy) is 1. The summed E-state index contributed by atoms with van der Waals surface area (Å²) in [6.45, 7) is 0.459. The molecule has 1 saturated carbocycles. The van der Waals surface area contributed by atoms with E-state index in [4.69, 9.17) is 4.74 Å². The third-order valence-corrected chi connectivity index (χ3v) is 2.42. The van der Waals surface area contributed by atoms with Gasteiger partial charge in [0.05, 0.1) is 0 Å². The lowest BCUT2D eigenvalue weighted by molar-refractivity contribution is -0.154. The molecule has 1 aromatic rings. The minimum absolute atomic E-state index is 0.139. The fourth-order valence-electron chi connectivity index (χ4n) is 1.51. The molecule has 0 atom stereocenters. The highest BCUT2D eigenvalue weighted by Crippen LogP contribution is 2.43. The van der Waals surface area contributed by atoms with Crippen molar-refractivity contribution in [2.75, 3.05) is 6.61 Å². The minimum Gasteiger partial charge on any atom is -0.468 e. The van der Waals surface area contributed by atoms with E-state index in [0.717, 1.165) is 18.4 Å².